The molecule has 0 saturated heterocycles. The molecule has 1 N–H and O–H groups in total. The Hall–Kier alpha value is -2.59. The molecule has 6 nitrogen and oxygen atoms in total. The maximum Gasteiger partial charge on any atom is 0.417 e. The zero-order valence-corrected chi connectivity index (χ0v) is 22.0. The number of amides is 1. The van der Waals surface area contributed by atoms with E-state index in [1.165, 1.54) is 25.3 Å². The second kappa shape index (κ2) is 12.8. The topological polar surface area (TPSA) is 69.2 Å². The minimum absolute atomic E-state index is 0.0651. The summed E-state index contributed by atoms with van der Waals surface area (Å²) in [6.45, 7) is 1.56. The molecule has 0 aromatic heterocycles. The molecule has 11 heteroatoms. The maximum absolute atomic E-state index is 14.1. The first-order valence-electron chi connectivity index (χ1n) is 11.4. The number of aryl methyl sites for hydroxylation is 1. The first-order chi connectivity index (χ1) is 17.5. The molecular weight excluding hydrogens is 532 g/mol. The van der Waals surface area contributed by atoms with Gasteiger partial charge in [0.1, 0.15) is 5.71 Å². The van der Waals surface area contributed by atoms with Crippen molar-refractivity contribution in [1.82, 2.24) is 5.32 Å². The Labute approximate surface area is 223 Å². The Balaban J connectivity index is 1.98. The molecule has 1 aliphatic rings. The summed E-state index contributed by atoms with van der Waals surface area (Å²) in [6, 6.07) is 8.70. The highest BCUT2D eigenvalue weighted by atomic mass is 35.5. The van der Waals surface area contributed by atoms with Crippen molar-refractivity contribution in [3.05, 3.63) is 74.8 Å². The highest BCUT2D eigenvalue weighted by Crippen LogP contribution is 2.37. The number of hydrogen-bond donors (Lipinski definition) is 1. The van der Waals surface area contributed by atoms with Gasteiger partial charge in [-0.25, -0.2) is 0 Å². The first-order valence-corrected chi connectivity index (χ1v) is 12.2. The van der Waals surface area contributed by atoms with E-state index < -0.39 is 11.7 Å². The van der Waals surface area contributed by atoms with Crippen LogP contribution in [0, 0.1) is 0 Å². The van der Waals surface area contributed by atoms with E-state index in [0.29, 0.717) is 18.4 Å². The largest absolute Gasteiger partial charge is 0.417 e. The quantitative estimate of drug-likeness (QED) is 0.156. The van der Waals surface area contributed by atoms with Crippen molar-refractivity contribution in [2.24, 2.45) is 5.16 Å². The molecule has 0 heterocycles. The second-order valence-electron chi connectivity index (χ2n) is 8.55. The number of oxime groups is 1. The van der Waals surface area contributed by atoms with Gasteiger partial charge in [-0.2, -0.15) is 13.2 Å². The predicted molar refractivity (Wildman–Crippen MR) is 137 cm³/mol. The summed E-state index contributed by atoms with van der Waals surface area (Å²) in [5.41, 5.74) is 0.943. The number of nitrogens with one attached hydrogen (secondary N) is 1. The minimum Gasteiger partial charge on any atom is -0.381 e. The molecule has 37 heavy (non-hydrogen) atoms. The smallest absolute Gasteiger partial charge is 0.381 e. The average Bonchev–Trinajstić information content (AvgIpc) is 3.21. The van der Waals surface area contributed by atoms with Crippen molar-refractivity contribution < 1.29 is 32.3 Å². The van der Waals surface area contributed by atoms with Crippen LogP contribution in [-0.2, 0) is 25.5 Å². The standard InChI is InChI=1S/C26H27Cl2F3N2O4/c1-15(36-3)8-25(34)32-23-7-5-16-9-17(4-6-21(16)23)24(33-37-14-35-2)13-22(26(29,30)31)18-10-19(27)12-20(28)11-18/h4,6,9-13,15,23H,5,7-8,14H2,1-3H3,(H,32,34)/b22-13+,33-24+. The van der Waals surface area contributed by atoms with Crippen LogP contribution in [0.4, 0.5) is 13.2 Å². The third-order valence-corrected chi connectivity index (χ3v) is 6.26. The lowest BCUT2D eigenvalue weighted by atomic mass is 9.98. The van der Waals surface area contributed by atoms with Gasteiger partial charge < -0.3 is 19.6 Å². The van der Waals surface area contributed by atoms with Gasteiger partial charge in [-0.15, -0.1) is 0 Å². The van der Waals surface area contributed by atoms with Crippen LogP contribution in [0.2, 0.25) is 10.0 Å². The molecule has 0 radical (unpaired) electrons. The van der Waals surface area contributed by atoms with Crippen molar-refractivity contribution in [2.45, 2.75) is 44.5 Å². The number of benzene rings is 2. The van der Waals surface area contributed by atoms with Gasteiger partial charge in [0, 0.05) is 29.8 Å². The first kappa shape index (κ1) is 29.0. The zero-order valence-electron chi connectivity index (χ0n) is 20.5. The molecule has 1 aliphatic carbocycles. The average molecular weight is 559 g/mol. The summed E-state index contributed by atoms with van der Waals surface area (Å²) in [4.78, 5) is 17.4. The lowest BCUT2D eigenvalue weighted by molar-refractivity contribution is -0.124. The van der Waals surface area contributed by atoms with E-state index in [1.807, 2.05) is 0 Å². The summed E-state index contributed by atoms with van der Waals surface area (Å²) < 4.78 is 52.3. The molecule has 0 spiro atoms. The number of ether oxygens (including phenoxy) is 2. The number of carbonyl (C=O) groups is 1. The van der Waals surface area contributed by atoms with E-state index in [1.54, 1.807) is 32.2 Å². The molecule has 200 valence electrons. The summed E-state index contributed by atoms with van der Waals surface area (Å²) in [7, 11) is 2.91. The van der Waals surface area contributed by atoms with E-state index in [9.17, 15) is 18.0 Å². The van der Waals surface area contributed by atoms with Crippen LogP contribution in [0.1, 0.15) is 48.1 Å². The molecule has 0 fully saturated rings. The van der Waals surface area contributed by atoms with Gasteiger partial charge in [-0.05, 0) is 66.8 Å². The van der Waals surface area contributed by atoms with Gasteiger partial charge in [-0.1, -0.05) is 40.5 Å². The number of rotatable bonds is 10. The van der Waals surface area contributed by atoms with Gasteiger partial charge in [0.25, 0.3) is 0 Å². The Morgan fingerprint density at radius 2 is 1.86 bits per heavy atom. The molecule has 0 bridgehead atoms. The molecule has 2 aromatic rings. The van der Waals surface area contributed by atoms with Crippen LogP contribution in [0.25, 0.3) is 5.57 Å². The fraction of sp³-hybridized carbons (Fsp3) is 0.385. The van der Waals surface area contributed by atoms with Gasteiger partial charge in [0.15, 0.2) is 0 Å². The van der Waals surface area contributed by atoms with Crippen molar-refractivity contribution in [3.8, 4) is 0 Å². The number of halogens is 5. The number of hydrogen-bond acceptors (Lipinski definition) is 5. The van der Waals surface area contributed by atoms with Crippen LogP contribution >= 0.6 is 23.2 Å². The van der Waals surface area contributed by atoms with Crippen molar-refractivity contribution in [1.29, 1.82) is 0 Å². The molecule has 0 saturated carbocycles. The second-order valence-corrected chi connectivity index (χ2v) is 9.42. The van der Waals surface area contributed by atoms with Gasteiger partial charge in [0.05, 0.1) is 24.1 Å². The van der Waals surface area contributed by atoms with Crippen LogP contribution in [0.3, 0.4) is 0 Å². The highest BCUT2D eigenvalue weighted by Gasteiger charge is 2.36. The molecule has 2 aromatic carbocycles. The number of allylic oxidation sites excluding steroid dienone is 2. The lowest BCUT2D eigenvalue weighted by Crippen LogP contribution is -2.30. The van der Waals surface area contributed by atoms with Crippen molar-refractivity contribution in [3.63, 3.8) is 0 Å². The number of carbonyl (C=O) groups excluding carboxylic acids is 1. The summed E-state index contributed by atoms with van der Waals surface area (Å²) in [5, 5.41) is 7.04. The SMILES string of the molecule is COCO/N=C(\C=C(/c1cc(Cl)cc(Cl)c1)C(F)(F)F)c1ccc2c(c1)CCC2NC(=O)CC(C)OC. The Bertz CT molecular complexity index is 1160. The van der Waals surface area contributed by atoms with E-state index in [2.05, 4.69) is 10.5 Å². The summed E-state index contributed by atoms with van der Waals surface area (Å²) in [5.74, 6) is -0.135. The lowest BCUT2D eigenvalue weighted by Gasteiger charge is -2.17. The number of alkyl halides is 3. The van der Waals surface area contributed by atoms with Crippen molar-refractivity contribution in [2.75, 3.05) is 21.0 Å². The summed E-state index contributed by atoms with van der Waals surface area (Å²) in [6.07, 6.45) is -2.52. The monoisotopic (exact) mass is 558 g/mol. The molecule has 2 atom stereocenters. The Morgan fingerprint density at radius 3 is 2.49 bits per heavy atom. The van der Waals surface area contributed by atoms with E-state index in [0.717, 1.165) is 17.2 Å². The number of fused-ring (bicyclic) bond motifs is 1. The molecule has 2 unspecified atom stereocenters. The van der Waals surface area contributed by atoms with Crippen LogP contribution < -0.4 is 5.32 Å². The molecular formula is C26H27Cl2F3N2O4. The molecule has 3 rings (SSSR count). The molecule has 0 aliphatic heterocycles. The van der Waals surface area contributed by atoms with E-state index in [-0.39, 0.29) is 52.6 Å². The third-order valence-electron chi connectivity index (χ3n) is 5.82. The Morgan fingerprint density at radius 1 is 1.16 bits per heavy atom. The van der Waals surface area contributed by atoms with Gasteiger partial charge >= 0.3 is 6.18 Å². The third kappa shape index (κ3) is 7.95. The van der Waals surface area contributed by atoms with Crippen LogP contribution in [-0.4, -0.2) is 44.9 Å². The van der Waals surface area contributed by atoms with Crippen molar-refractivity contribution >= 4 is 40.4 Å². The van der Waals surface area contributed by atoms with E-state index >= 15 is 0 Å². The fourth-order valence-corrected chi connectivity index (χ4v) is 4.54. The highest BCUT2D eigenvalue weighted by molar-refractivity contribution is 6.35. The maximum atomic E-state index is 14.1. The van der Waals surface area contributed by atoms with E-state index in [4.69, 9.17) is 37.5 Å². The van der Waals surface area contributed by atoms with Crippen LogP contribution in [0.5, 0.6) is 0 Å². The van der Waals surface area contributed by atoms with Gasteiger partial charge in [-0.3, -0.25) is 4.79 Å². The zero-order chi connectivity index (χ0) is 27.2. The summed E-state index contributed by atoms with van der Waals surface area (Å²) >= 11 is 11.9. The fourth-order valence-electron chi connectivity index (χ4n) is 4.01. The predicted octanol–water partition coefficient (Wildman–Crippen LogP) is 6.49. The van der Waals surface area contributed by atoms with Gasteiger partial charge in [0.2, 0.25) is 12.7 Å². The Kier molecular flexibility index (Phi) is 10.0. The molecule has 1 amide bonds. The number of nitrogens with zero attached hydrogens (tertiary/aromatic N) is 1. The minimum atomic E-state index is -4.73. The normalized spacial score (nSPS) is 16.9. The number of methoxy groups -OCH3 is 2. The van der Waals surface area contributed by atoms with Crippen LogP contribution in [0.15, 0.2) is 47.6 Å².